The molecule has 0 amide bonds. The van der Waals surface area contributed by atoms with Gasteiger partial charge in [0.25, 0.3) is 0 Å². The summed E-state index contributed by atoms with van der Waals surface area (Å²) in [6.07, 6.45) is 1.06. The Labute approximate surface area is 129 Å². The zero-order valence-corrected chi connectivity index (χ0v) is 12.9. The minimum Gasteiger partial charge on any atom is -0.344 e. The summed E-state index contributed by atoms with van der Waals surface area (Å²) in [6, 6.07) is 20.3. The molecule has 0 unspecified atom stereocenters. The molecule has 1 nitrogen and oxygen atoms in total. The molecule has 1 heteroatoms. The number of hydrogen-bond acceptors (Lipinski definition) is 0. The molecule has 1 aliphatic carbocycles. The number of hydrogen-bond donors (Lipinski definition) is 0. The average Bonchev–Trinajstić information content (AvgIpc) is 3.02. The van der Waals surface area contributed by atoms with Crippen molar-refractivity contribution in [3.63, 3.8) is 0 Å². The Morgan fingerprint density at radius 1 is 0.773 bits per heavy atom. The van der Waals surface area contributed by atoms with Crippen LogP contribution in [-0.2, 0) is 13.5 Å². The van der Waals surface area contributed by atoms with Crippen molar-refractivity contribution in [3.8, 4) is 11.1 Å². The van der Waals surface area contributed by atoms with Crippen LogP contribution in [-0.4, -0.2) is 4.57 Å². The number of rotatable bonds is 0. The van der Waals surface area contributed by atoms with E-state index in [1.165, 1.54) is 49.6 Å². The van der Waals surface area contributed by atoms with Gasteiger partial charge >= 0.3 is 0 Å². The monoisotopic (exact) mass is 283 g/mol. The lowest BCUT2D eigenvalue weighted by Crippen LogP contribution is -1.87. The summed E-state index contributed by atoms with van der Waals surface area (Å²) in [7, 11) is 2.17. The fraction of sp³-hybridized carbons (Fsp3) is 0.143. The van der Waals surface area contributed by atoms with E-state index in [0.717, 1.165) is 6.42 Å². The number of fused-ring (bicyclic) bond motifs is 6. The van der Waals surface area contributed by atoms with Crippen molar-refractivity contribution in [2.24, 2.45) is 7.05 Å². The lowest BCUT2D eigenvalue weighted by atomic mass is 10.0. The first-order valence-corrected chi connectivity index (χ1v) is 7.82. The fourth-order valence-corrected chi connectivity index (χ4v) is 3.95. The summed E-state index contributed by atoms with van der Waals surface area (Å²) >= 11 is 0. The normalized spacial score (nSPS) is 12.8. The molecule has 1 heterocycles. The smallest absolute Gasteiger partial charge is 0.0495 e. The molecule has 0 spiro atoms. The van der Waals surface area contributed by atoms with Gasteiger partial charge in [0, 0.05) is 28.9 Å². The van der Waals surface area contributed by atoms with Gasteiger partial charge in [0.05, 0.1) is 0 Å². The third kappa shape index (κ3) is 1.43. The summed E-state index contributed by atoms with van der Waals surface area (Å²) in [5.41, 5.74) is 9.69. The van der Waals surface area contributed by atoms with Crippen molar-refractivity contribution in [3.05, 3.63) is 71.3 Å². The zero-order valence-electron chi connectivity index (χ0n) is 12.9. The summed E-state index contributed by atoms with van der Waals surface area (Å²) in [5, 5.41) is 2.75. The highest BCUT2D eigenvalue weighted by atomic mass is 14.9. The third-order valence-electron chi connectivity index (χ3n) is 5.07. The second-order valence-electron chi connectivity index (χ2n) is 6.44. The molecule has 106 valence electrons. The molecule has 0 radical (unpaired) electrons. The van der Waals surface area contributed by atoms with Crippen LogP contribution in [0.3, 0.4) is 0 Å². The highest BCUT2D eigenvalue weighted by molar-refractivity contribution is 6.10. The molecule has 0 fully saturated rings. The number of benzene rings is 3. The van der Waals surface area contributed by atoms with Crippen LogP contribution in [0.4, 0.5) is 0 Å². The predicted octanol–water partition coefficient (Wildman–Crippen LogP) is 5.21. The first-order valence-electron chi connectivity index (χ1n) is 7.82. The molecule has 1 aromatic heterocycles. The Morgan fingerprint density at radius 3 is 2.50 bits per heavy atom. The summed E-state index contributed by atoms with van der Waals surface area (Å²) < 4.78 is 2.32. The molecule has 3 aromatic carbocycles. The van der Waals surface area contributed by atoms with E-state index in [2.05, 4.69) is 73.1 Å². The quantitative estimate of drug-likeness (QED) is 0.367. The van der Waals surface area contributed by atoms with Crippen LogP contribution >= 0.6 is 0 Å². The molecule has 1 aliphatic rings. The van der Waals surface area contributed by atoms with Crippen molar-refractivity contribution < 1.29 is 0 Å². The van der Waals surface area contributed by atoms with E-state index in [1.54, 1.807) is 0 Å². The maximum Gasteiger partial charge on any atom is 0.0495 e. The number of aromatic nitrogens is 1. The van der Waals surface area contributed by atoms with Crippen LogP contribution in [0, 0.1) is 6.92 Å². The largest absolute Gasteiger partial charge is 0.344 e. The summed E-state index contributed by atoms with van der Waals surface area (Å²) in [5.74, 6) is 0. The molecule has 0 saturated carbocycles. The van der Waals surface area contributed by atoms with Gasteiger partial charge in [-0.3, -0.25) is 0 Å². The molecule has 4 aromatic rings. The van der Waals surface area contributed by atoms with Crippen molar-refractivity contribution in [1.29, 1.82) is 0 Å². The van der Waals surface area contributed by atoms with Crippen LogP contribution in [0.15, 0.2) is 54.6 Å². The van der Waals surface area contributed by atoms with Gasteiger partial charge in [0.15, 0.2) is 0 Å². The maximum atomic E-state index is 2.41. The molecule has 0 aliphatic heterocycles. The summed E-state index contributed by atoms with van der Waals surface area (Å²) in [6.45, 7) is 2.17. The van der Waals surface area contributed by atoms with Gasteiger partial charge in [0.1, 0.15) is 0 Å². The van der Waals surface area contributed by atoms with Crippen molar-refractivity contribution in [1.82, 2.24) is 4.57 Å². The van der Waals surface area contributed by atoms with Crippen LogP contribution in [0.25, 0.3) is 32.9 Å². The highest BCUT2D eigenvalue weighted by Crippen LogP contribution is 2.41. The van der Waals surface area contributed by atoms with Gasteiger partial charge in [0.2, 0.25) is 0 Å². The molecular weight excluding hydrogens is 266 g/mol. The maximum absolute atomic E-state index is 2.41. The van der Waals surface area contributed by atoms with E-state index in [-0.39, 0.29) is 0 Å². The molecular formula is C21H17N. The zero-order chi connectivity index (χ0) is 14.8. The average molecular weight is 283 g/mol. The molecule has 0 saturated heterocycles. The molecule has 0 bridgehead atoms. The van der Waals surface area contributed by atoms with E-state index >= 15 is 0 Å². The van der Waals surface area contributed by atoms with E-state index in [0.29, 0.717) is 0 Å². The first-order chi connectivity index (χ1) is 10.7. The Kier molecular flexibility index (Phi) is 2.20. The molecule has 5 rings (SSSR count). The fourth-order valence-electron chi connectivity index (χ4n) is 3.95. The third-order valence-corrected chi connectivity index (χ3v) is 5.07. The summed E-state index contributed by atoms with van der Waals surface area (Å²) in [4.78, 5) is 0. The van der Waals surface area contributed by atoms with E-state index in [4.69, 9.17) is 0 Å². The van der Waals surface area contributed by atoms with Gasteiger partial charge in [-0.1, -0.05) is 35.9 Å². The number of nitrogens with zero attached hydrogens (tertiary/aromatic N) is 1. The van der Waals surface area contributed by atoms with Crippen LogP contribution < -0.4 is 0 Å². The van der Waals surface area contributed by atoms with E-state index < -0.39 is 0 Å². The Hall–Kier alpha value is -2.54. The van der Waals surface area contributed by atoms with Crippen molar-refractivity contribution in [2.75, 3.05) is 0 Å². The van der Waals surface area contributed by atoms with Crippen LogP contribution in [0.2, 0.25) is 0 Å². The standard InChI is InChI=1S/C21H17N/c1-13-7-8-20-18(9-13)19-11-15-10-14-5-3-4-6-16(14)17(15)12-21(19)22(20)2/h3-9,11-12H,10H2,1-2H3. The lowest BCUT2D eigenvalue weighted by molar-refractivity contribution is 1.01. The second-order valence-corrected chi connectivity index (χ2v) is 6.44. The van der Waals surface area contributed by atoms with Crippen LogP contribution in [0.1, 0.15) is 16.7 Å². The van der Waals surface area contributed by atoms with Gasteiger partial charge in [-0.2, -0.15) is 0 Å². The van der Waals surface area contributed by atoms with Gasteiger partial charge in [-0.25, -0.2) is 0 Å². The predicted molar refractivity (Wildman–Crippen MR) is 93.4 cm³/mol. The van der Waals surface area contributed by atoms with Gasteiger partial charge in [-0.05, 0) is 59.9 Å². The lowest BCUT2D eigenvalue weighted by Gasteiger charge is -2.03. The Balaban J connectivity index is 1.92. The van der Waals surface area contributed by atoms with Gasteiger partial charge < -0.3 is 4.57 Å². The first kappa shape index (κ1) is 12.0. The SMILES string of the molecule is Cc1ccc2c(c1)c1cc3c(cc1n2C)-c1ccccc1C3. The van der Waals surface area contributed by atoms with Crippen LogP contribution in [0.5, 0.6) is 0 Å². The number of aryl methyl sites for hydroxylation is 2. The van der Waals surface area contributed by atoms with Crippen molar-refractivity contribution >= 4 is 21.8 Å². The minimum atomic E-state index is 1.06. The molecule has 0 atom stereocenters. The second kappa shape index (κ2) is 4.01. The van der Waals surface area contributed by atoms with Crippen molar-refractivity contribution in [2.45, 2.75) is 13.3 Å². The molecule has 0 N–H and O–H groups in total. The Bertz CT molecular complexity index is 1070. The minimum absolute atomic E-state index is 1.06. The highest BCUT2D eigenvalue weighted by Gasteiger charge is 2.20. The van der Waals surface area contributed by atoms with E-state index in [1.807, 2.05) is 0 Å². The Morgan fingerprint density at radius 2 is 1.59 bits per heavy atom. The van der Waals surface area contributed by atoms with E-state index in [9.17, 15) is 0 Å². The topological polar surface area (TPSA) is 4.93 Å². The molecule has 22 heavy (non-hydrogen) atoms. The van der Waals surface area contributed by atoms with Gasteiger partial charge in [-0.15, -0.1) is 0 Å².